The quantitative estimate of drug-likeness (QED) is 0.791. The van der Waals surface area contributed by atoms with E-state index in [4.69, 9.17) is 4.74 Å². The molecule has 1 unspecified atom stereocenters. The molecule has 19 heavy (non-hydrogen) atoms. The molecular formula is C16H26InNO. The third-order valence-electron chi connectivity index (χ3n) is 4.33. The fraction of sp³-hybridized carbons (Fsp3) is 0.625. The van der Waals surface area contributed by atoms with E-state index in [9.17, 15) is 0 Å². The number of benzene rings is 1. The molecule has 0 spiro atoms. The van der Waals surface area contributed by atoms with Crippen molar-refractivity contribution in [2.75, 3.05) is 24.6 Å². The summed E-state index contributed by atoms with van der Waals surface area (Å²) in [4.78, 5) is 2.45. The average Bonchev–Trinajstić information content (AvgIpc) is 2.87. The fourth-order valence-electron chi connectivity index (χ4n) is 2.71. The maximum atomic E-state index is 5.71. The van der Waals surface area contributed by atoms with E-state index in [1.807, 2.05) is 0 Å². The number of anilines is 1. The first kappa shape index (κ1) is 15.2. The van der Waals surface area contributed by atoms with Crippen LogP contribution in [0.25, 0.3) is 0 Å². The third kappa shape index (κ3) is 3.91. The van der Waals surface area contributed by atoms with E-state index in [1.54, 1.807) is 0 Å². The molecule has 0 bridgehead atoms. The van der Waals surface area contributed by atoms with Gasteiger partial charge in [0.15, 0.2) is 0 Å². The molecular weight excluding hydrogens is 337 g/mol. The maximum absolute atomic E-state index is 5.71. The van der Waals surface area contributed by atoms with Crippen molar-refractivity contribution in [3.63, 3.8) is 0 Å². The van der Waals surface area contributed by atoms with Crippen LogP contribution in [0, 0.1) is 0 Å². The predicted molar refractivity (Wildman–Crippen MR) is 84.6 cm³/mol. The van der Waals surface area contributed by atoms with E-state index in [0.717, 1.165) is 29.8 Å². The molecule has 1 fully saturated rings. The number of hydrogen-bond acceptors (Lipinski definition) is 2. The molecule has 0 amide bonds. The van der Waals surface area contributed by atoms with Crippen molar-refractivity contribution < 1.29 is 4.74 Å². The Balaban J connectivity index is 1.99. The number of hydrogen-bond donors (Lipinski definition) is 0. The van der Waals surface area contributed by atoms with Crippen LogP contribution in [0.3, 0.4) is 0 Å². The third-order valence-corrected chi connectivity index (χ3v) is 11.1. The van der Waals surface area contributed by atoms with E-state index in [0.29, 0.717) is 6.10 Å². The van der Waals surface area contributed by atoms with Crippen molar-refractivity contribution in [1.82, 2.24) is 0 Å². The van der Waals surface area contributed by atoms with E-state index < -0.39 is 21.4 Å². The molecule has 104 valence electrons. The Bertz CT molecular complexity index is 390. The Hall–Kier alpha value is -0.150. The van der Waals surface area contributed by atoms with E-state index >= 15 is 0 Å². The van der Waals surface area contributed by atoms with Crippen LogP contribution in [0.1, 0.15) is 29.5 Å². The van der Waals surface area contributed by atoms with Gasteiger partial charge >= 0.3 is 126 Å². The summed E-state index contributed by atoms with van der Waals surface area (Å²) >= 11 is -1.24. The van der Waals surface area contributed by atoms with E-state index in [2.05, 4.69) is 52.4 Å². The molecule has 1 aliphatic rings. The van der Waals surface area contributed by atoms with Gasteiger partial charge in [-0.2, -0.15) is 0 Å². The van der Waals surface area contributed by atoms with Crippen molar-refractivity contribution in [2.24, 2.45) is 0 Å². The average molecular weight is 363 g/mol. The molecule has 3 heteroatoms. The number of rotatable bonds is 5. The molecule has 1 aromatic carbocycles. The molecule has 0 aromatic heterocycles. The molecule has 0 radical (unpaired) electrons. The van der Waals surface area contributed by atoms with E-state index in [1.165, 1.54) is 11.3 Å². The molecule has 1 aliphatic heterocycles. The molecule has 0 saturated carbocycles. The van der Waals surface area contributed by atoms with Gasteiger partial charge in [0.05, 0.1) is 0 Å². The van der Waals surface area contributed by atoms with Crippen LogP contribution in [0.5, 0.6) is 0 Å². The zero-order chi connectivity index (χ0) is 13.8. The van der Waals surface area contributed by atoms with Crippen molar-refractivity contribution in [2.45, 2.75) is 39.4 Å². The van der Waals surface area contributed by atoms with Crippen molar-refractivity contribution in [1.29, 1.82) is 0 Å². The Morgan fingerprint density at radius 2 is 2.00 bits per heavy atom. The molecule has 2 atom stereocenters. The minimum absolute atomic E-state index is 0.426. The summed E-state index contributed by atoms with van der Waals surface area (Å²) in [5.41, 5.74) is 2.90. The standard InChI is InChI=1S/C14H20NO.2CH3.In/c1-3-12-5-7-13(8-6-12)15-10-9-14(11-15)16-4-2;;;/h3,5-8,14H,4,9-11H2,1-2H3;2*1H3;/t14-;;;/m1.../s1. The van der Waals surface area contributed by atoms with Crippen LogP contribution in [-0.4, -0.2) is 47.2 Å². The van der Waals surface area contributed by atoms with Crippen LogP contribution < -0.4 is 4.90 Å². The fourth-order valence-corrected chi connectivity index (χ4v) is 5.54. The van der Waals surface area contributed by atoms with Crippen LogP contribution in [0.15, 0.2) is 24.3 Å². The van der Waals surface area contributed by atoms with E-state index in [-0.39, 0.29) is 0 Å². The van der Waals surface area contributed by atoms with Gasteiger partial charge in [-0.3, -0.25) is 0 Å². The van der Waals surface area contributed by atoms with Crippen LogP contribution in [0.4, 0.5) is 5.69 Å². The molecule has 2 nitrogen and oxygen atoms in total. The zero-order valence-corrected chi connectivity index (χ0v) is 16.0. The Labute approximate surface area is 125 Å². The first-order chi connectivity index (χ1) is 9.11. The second-order valence-corrected chi connectivity index (χ2v) is 15.9. The molecule has 0 aliphatic carbocycles. The molecule has 2 rings (SSSR count). The molecule has 1 heterocycles. The summed E-state index contributed by atoms with van der Waals surface area (Å²) in [6.07, 6.45) is 1.59. The van der Waals surface area contributed by atoms with Crippen molar-refractivity contribution >= 4 is 27.1 Å². The summed E-state index contributed by atoms with van der Waals surface area (Å²) in [7, 11) is 0. The minimum atomic E-state index is -1.24. The van der Waals surface area contributed by atoms with Gasteiger partial charge in [-0.05, 0) is 0 Å². The van der Waals surface area contributed by atoms with Crippen LogP contribution in [0.2, 0.25) is 9.36 Å². The summed E-state index contributed by atoms with van der Waals surface area (Å²) in [5.74, 6) is 0. The number of nitrogens with zero attached hydrogens (tertiary/aromatic N) is 1. The topological polar surface area (TPSA) is 12.5 Å². The van der Waals surface area contributed by atoms with Gasteiger partial charge in [-0.15, -0.1) is 0 Å². The summed E-state index contributed by atoms with van der Waals surface area (Å²) in [5, 5.41) is 0. The van der Waals surface area contributed by atoms with Crippen molar-refractivity contribution in [3.8, 4) is 0 Å². The normalized spacial score (nSPS) is 20.6. The van der Waals surface area contributed by atoms with Gasteiger partial charge in [0.2, 0.25) is 0 Å². The van der Waals surface area contributed by atoms with Crippen LogP contribution >= 0.6 is 0 Å². The SMILES string of the molecule is CCO[C@@H]1CCN(c2ccc([CH](C)[In]([CH3])[CH3])cc2)C1. The Morgan fingerprint density at radius 1 is 1.32 bits per heavy atom. The second-order valence-electron chi connectivity index (χ2n) is 5.94. The summed E-state index contributed by atoms with van der Waals surface area (Å²) in [6.45, 7) is 7.48. The second kappa shape index (κ2) is 7.03. The van der Waals surface area contributed by atoms with Gasteiger partial charge in [0.25, 0.3) is 0 Å². The van der Waals surface area contributed by atoms with Gasteiger partial charge < -0.3 is 0 Å². The van der Waals surface area contributed by atoms with Gasteiger partial charge in [0.1, 0.15) is 0 Å². The number of ether oxygens (including phenoxy) is 1. The Morgan fingerprint density at radius 3 is 2.58 bits per heavy atom. The Kier molecular flexibility index (Phi) is 5.64. The monoisotopic (exact) mass is 363 g/mol. The first-order valence-electron chi connectivity index (χ1n) is 7.58. The first-order valence-corrected chi connectivity index (χ1v) is 16.1. The van der Waals surface area contributed by atoms with Crippen molar-refractivity contribution in [3.05, 3.63) is 29.8 Å². The predicted octanol–water partition coefficient (Wildman–Crippen LogP) is 3.70. The molecule has 1 aromatic rings. The van der Waals surface area contributed by atoms with Gasteiger partial charge in [-0.25, -0.2) is 0 Å². The summed E-state index contributed by atoms with van der Waals surface area (Å²) < 4.78 is 11.5. The van der Waals surface area contributed by atoms with Gasteiger partial charge in [-0.1, -0.05) is 0 Å². The molecule has 1 saturated heterocycles. The zero-order valence-electron chi connectivity index (χ0n) is 12.7. The molecule has 0 N–H and O–H groups in total. The van der Waals surface area contributed by atoms with Crippen LogP contribution in [-0.2, 0) is 4.74 Å². The van der Waals surface area contributed by atoms with Gasteiger partial charge in [0, 0.05) is 0 Å². The summed E-state index contributed by atoms with van der Waals surface area (Å²) in [6, 6.07) is 9.28.